The van der Waals surface area contributed by atoms with E-state index in [-0.39, 0.29) is 17.9 Å². The maximum Gasteiger partial charge on any atom is 0.233 e. The summed E-state index contributed by atoms with van der Waals surface area (Å²) in [6, 6.07) is 0. The number of piperidine rings is 1. The minimum absolute atomic E-state index is 0.0450. The molecule has 0 spiro atoms. The van der Waals surface area contributed by atoms with E-state index >= 15 is 0 Å². The molecule has 0 radical (unpaired) electrons. The van der Waals surface area contributed by atoms with Crippen molar-refractivity contribution < 1.29 is 9.90 Å². The molecule has 2 atom stereocenters. The fraction of sp³-hybridized carbons (Fsp3) is 0.889. The summed E-state index contributed by atoms with van der Waals surface area (Å²) >= 11 is 0. The topological polar surface area (TPSA) is 52.6 Å². The van der Waals surface area contributed by atoms with Gasteiger partial charge in [-0.3, -0.25) is 9.69 Å². The lowest BCUT2D eigenvalue weighted by Gasteiger charge is -2.33. The Morgan fingerprint density at radius 1 is 1.69 bits per heavy atom. The van der Waals surface area contributed by atoms with Gasteiger partial charge in [0, 0.05) is 20.1 Å². The molecule has 4 heteroatoms. The van der Waals surface area contributed by atoms with Crippen LogP contribution in [0.3, 0.4) is 0 Å². The molecule has 76 valence electrons. The molecule has 1 fully saturated rings. The predicted octanol–water partition coefficient (Wildman–Crippen LogP) is -0.565. The molecular formula is C9H18N2O2. The summed E-state index contributed by atoms with van der Waals surface area (Å²) in [5.41, 5.74) is 0. The van der Waals surface area contributed by atoms with Crippen LogP contribution < -0.4 is 5.32 Å². The van der Waals surface area contributed by atoms with E-state index in [1.165, 1.54) is 0 Å². The fourth-order valence-corrected chi connectivity index (χ4v) is 1.65. The van der Waals surface area contributed by atoms with Crippen LogP contribution in [-0.4, -0.2) is 48.7 Å². The van der Waals surface area contributed by atoms with Crippen molar-refractivity contribution in [2.45, 2.75) is 19.4 Å². The number of amides is 1. The van der Waals surface area contributed by atoms with E-state index in [1.807, 2.05) is 6.92 Å². The van der Waals surface area contributed by atoms with Gasteiger partial charge in [-0.2, -0.15) is 0 Å². The molecule has 0 aromatic heterocycles. The summed E-state index contributed by atoms with van der Waals surface area (Å²) in [7, 11) is 1.64. The number of likely N-dealkylation sites (N-methyl/N-ethyl adjacent to an activating group) is 1. The lowest BCUT2D eigenvalue weighted by Crippen LogP contribution is -2.45. The number of carbonyl (C=O) groups is 1. The maximum absolute atomic E-state index is 11.1. The van der Waals surface area contributed by atoms with Gasteiger partial charge in [-0.15, -0.1) is 0 Å². The molecule has 1 saturated heterocycles. The van der Waals surface area contributed by atoms with Gasteiger partial charge in [0.25, 0.3) is 0 Å². The molecular weight excluding hydrogens is 168 g/mol. The zero-order chi connectivity index (χ0) is 9.84. The van der Waals surface area contributed by atoms with Crippen LogP contribution in [0.2, 0.25) is 0 Å². The highest BCUT2D eigenvalue weighted by Gasteiger charge is 2.24. The van der Waals surface area contributed by atoms with Crippen molar-refractivity contribution >= 4 is 5.91 Å². The second-order valence-electron chi connectivity index (χ2n) is 3.74. The first-order valence-electron chi connectivity index (χ1n) is 4.74. The summed E-state index contributed by atoms with van der Waals surface area (Å²) in [6.07, 6.45) is 0.582. The molecule has 1 aliphatic heterocycles. The molecule has 1 amide bonds. The van der Waals surface area contributed by atoms with Gasteiger partial charge >= 0.3 is 0 Å². The molecule has 0 aromatic carbocycles. The minimum Gasteiger partial charge on any atom is -0.393 e. The average Bonchev–Trinajstić information content (AvgIpc) is 2.11. The highest BCUT2D eigenvalue weighted by Crippen LogP contribution is 2.15. The quantitative estimate of drug-likeness (QED) is 0.607. The van der Waals surface area contributed by atoms with E-state index in [0.29, 0.717) is 6.54 Å². The number of carbonyl (C=O) groups excluding carboxylic acids is 1. The third-order valence-electron chi connectivity index (χ3n) is 2.59. The summed E-state index contributed by atoms with van der Waals surface area (Å²) in [4.78, 5) is 13.1. The van der Waals surface area contributed by atoms with E-state index in [4.69, 9.17) is 0 Å². The number of likely N-dealkylation sites (tertiary alicyclic amines) is 1. The van der Waals surface area contributed by atoms with Crippen LogP contribution >= 0.6 is 0 Å². The number of aliphatic hydroxyl groups is 1. The van der Waals surface area contributed by atoms with Crippen LogP contribution in [0, 0.1) is 5.92 Å². The largest absolute Gasteiger partial charge is 0.393 e. The van der Waals surface area contributed by atoms with Gasteiger partial charge in [-0.1, -0.05) is 6.92 Å². The Bertz CT molecular complexity index is 184. The Balaban J connectivity index is 2.33. The lowest BCUT2D eigenvalue weighted by atomic mass is 9.97. The Kier molecular flexibility index (Phi) is 3.69. The van der Waals surface area contributed by atoms with Crippen LogP contribution in [0.1, 0.15) is 13.3 Å². The van der Waals surface area contributed by atoms with Gasteiger partial charge < -0.3 is 10.4 Å². The van der Waals surface area contributed by atoms with Crippen LogP contribution in [0.15, 0.2) is 0 Å². The molecule has 13 heavy (non-hydrogen) atoms. The SMILES string of the molecule is CNC(=O)CN1CCC(O)C(C)C1. The predicted molar refractivity (Wildman–Crippen MR) is 50.3 cm³/mol. The maximum atomic E-state index is 11.1. The first-order valence-corrected chi connectivity index (χ1v) is 4.74. The highest BCUT2D eigenvalue weighted by molar-refractivity contribution is 5.77. The van der Waals surface area contributed by atoms with Gasteiger partial charge in [-0.05, 0) is 12.3 Å². The Morgan fingerprint density at radius 3 is 2.92 bits per heavy atom. The normalized spacial score (nSPS) is 30.1. The molecule has 0 aromatic rings. The molecule has 1 rings (SSSR count). The van der Waals surface area contributed by atoms with E-state index < -0.39 is 0 Å². The molecule has 0 aliphatic carbocycles. The summed E-state index contributed by atoms with van der Waals surface area (Å²) < 4.78 is 0. The first kappa shape index (κ1) is 10.5. The van der Waals surface area contributed by atoms with Crippen molar-refractivity contribution in [3.8, 4) is 0 Å². The number of aliphatic hydroxyl groups excluding tert-OH is 1. The van der Waals surface area contributed by atoms with E-state index in [0.717, 1.165) is 19.5 Å². The van der Waals surface area contributed by atoms with E-state index in [1.54, 1.807) is 7.05 Å². The monoisotopic (exact) mass is 186 g/mol. The summed E-state index contributed by atoms with van der Waals surface area (Å²) in [6.45, 7) is 4.10. The second-order valence-corrected chi connectivity index (χ2v) is 3.74. The van der Waals surface area contributed by atoms with Crippen LogP contribution in [0.4, 0.5) is 0 Å². The smallest absolute Gasteiger partial charge is 0.233 e. The van der Waals surface area contributed by atoms with Crippen molar-refractivity contribution in [1.82, 2.24) is 10.2 Å². The number of nitrogens with zero attached hydrogens (tertiary/aromatic N) is 1. The highest BCUT2D eigenvalue weighted by atomic mass is 16.3. The van der Waals surface area contributed by atoms with Crippen LogP contribution in [-0.2, 0) is 4.79 Å². The third kappa shape index (κ3) is 2.97. The number of hydrogen-bond acceptors (Lipinski definition) is 3. The van der Waals surface area contributed by atoms with Crippen LogP contribution in [0.25, 0.3) is 0 Å². The van der Waals surface area contributed by atoms with Gasteiger partial charge in [0.2, 0.25) is 5.91 Å². The van der Waals surface area contributed by atoms with Crippen molar-refractivity contribution in [2.75, 3.05) is 26.7 Å². The first-order chi connectivity index (χ1) is 6.13. The van der Waals surface area contributed by atoms with Gasteiger partial charge in [-0.25, -0.2) is 0 Å². The van der Waals surface area contributed by atoms with Gasteiger partial charge in [0.05, 0.1) is 12.6 Å². The van der Waals surface area contributed by atoms with Gasteiger partial charge in [0.1, 0.15) is 0 Å². The zero-order valence-electron chi connectivity index (χ0n) is 8.29. The summed E-state index contributed by atoms with van der Waals surface area (Å²) in [5.74, 6) is 0.321. The van der Waals surface area contributed by atoms with E-state index in [2.05, 4.69) is 10.2 Å². The third-order valence-corrected chi connectivity index (χ3v) is 2.59. The summed E-state index contributed by atoms with van der Waals surface area (Å²) in [5, 5.41) is 12.1. The lowest BCUT2D eigenvalue weighted by molar-refractivity contribution is -0.122. The Morgan fingerprint density at radius 2 is 2.38 bits per heavy atom. The second kappa shape index (κ2) is 4.58. The number of nitrogens with one attached hydrogen (secondary N) is 1. The van der Waals surface area contributed by atoms with Crippen molar-refractivity contribution in [3.63, 3.8) is 0 Å². The molecule has 4 nitrogen and oxygen atoms in total. The molecule has 0 saturated carbocycles. The van der Waals surface area contributed by atoms with Crippen molar-refractivity contribution in [1.29, 1.82) is 0 Å². The van der Waals surface area contributed by atoms with Gasteiger partial charge in [0.15, 0.2) is 0 Å². The van der Waals surface area contributed by atoms with Crippen molar-refractivity contribution in [2.24, 2.45) is 5.92 Å². The zero-order valence-corrected chi connectivity index (χ0v) is 8.29. The average molecular weight is 186 g/mol. The van der Waals surface area contributed by atoms with Crippen LogP contribution in [0.5, 0.6) is 0 Å². The molecule has 0 bridgehead atoms. The molecule has 1 heterocycles. The van der Waals surface area contributed by atoms with Crippen molar-refractivity contribution in [3.05, 3.63) is 0 Å². The molecule has 2 N–H and O–H groups in total. The number of rotatable bonds is 2. The molecule has 2 unspecified atom stereocenters. The molecule has 1 aliphatic rings. The Labute approximate surface area is 78.9 Å². The number of hydrogen-bond donors (Lipinski definition) is 2. The fourth-order valence-electron chi connectivity index (χ4n) is 1.65. The van der Waals surface area contributed by atoms with E-state index in [9.17, 15) is 9.90 Å². The Hall–Kier alpha value is -0.610. The minimum atomic E-state index is -0.194. The standard InChI is InChI=1S/C9H18N2O2/c1-7-5-11(4-3-8(7)12)6-9(13)10-2/h7-8,12H,3-6H2,1-2H3,(H,10,13).